The van der Waals surface area contributed by atoms with Crippen LogP contribution in [0.25, 0.3) is 0 Å². The number of hydrogen-bond acceptors (Lipinski definition) is 5. The van der Waals surface area contributed by atoms with Crippen LogP contribution >= 0.6 is 11.9 Å². The van der Waals surface area contributed by atoms with Crippen molar-refractivity contribution in [1.29, 1.82) is 0 Å². The Labute approximate surface area is 71.6 Å². The number of rotatable bonds is 3. The van der Waals surface area contributed by atoms with Crippen molar-refractivity contribution in [3.05, 3.63) is 0 Å². The first-order valence-electron chi connectivity index (χ1n) is 3.62. The molecule has 5 heteroatoms. The zero-order valence-electron chi connectivity index (χ0n) is 6.91. The summed E-state index contributed by atoms with van der Waals surface area (Å²) < 4.78 is 7.22. The third-order valence-corrected chi connectivity index (χ3v) is 2.69. The van der Waals surface area contributed by atoms with E-state index < -0.39 is 0 Å². The van der Waals surface area contributed by atoms with Crippen molar-refractivity contribution in [2.75, 3.05) is 26.5 Å². The Hall–Kier alpha value is 0.190. The molecule has 1 heterocycles. The molecule has 0 spiro atoms. The second-order valence-corrected chi connectivity index (χ2v) is 3.26. The zero-order chi connectivity index (χ0) is 8.27. The lowest BCUT2D eigenvalue weighted by Crippen LogP contribution is -2.48. The SMILES string of the molecule is CO[C@H](N)C1NCCN1SC. The van der Waals surface area contributed by atoms with Crippen LogP contribution in [0.5, 0.6) is 0 Å². The molecule has 11 heavy (non-hydrogen) atoms. The first-order valence-corrected chi connectivity index (χ1v) is 4.80. The van der Waals surface area contributed by atoms with Crippen molar-refractivity contribution < 1.29 is 4.74 Å². The summed E-state index contributed by atoms with van der Waals surface area (Å²) in [5.41, 5.74) is 5.70. The summed E-state index contributed by atoms with van der Waals surface area (Å²) in [7, 11) is 1.63. The van der Waals surface area contributed by atoms with E-state index in [1.807, 2.05) is 6.26 Å². The minimum atomic E-state index is -0.232. The lowest BCUT2D eigenvalue weighted by Gasteiger charge is -2.25. The molecule has 1 fully saturated rings. The molecule has 3 N–H and O–H groups in total. The van der Waals surface area contributed by atoms with E-state index in [-0.39, 0.29) is 12.4 Å². The first kappa shape index (κ1) is 9.28. The average Bonchev–Trinajstić information content (AvgIpc) is 2.50. The number of hydrogen-bond donors (Lipinski definition) is 2. The van der Waals surface area contributed by atoms with Gasteiger partial charge in [-0.05, 0) is 6.26 Å². The fraction of sp³-hybridized carbons (Fsp3) is 1.00. The van der Waals surface area contributed by atoms with E-state index in [2.05, 4.69) is 9.62 Å². The fourth-order valence-electron chi connectivity index (χ4n) is 1.18. The highest BCUT2D eigenvalue weighted by Crippen LogP contribution is 2.14. The summed E-state index contributed by atoms with van der Waals surface area (Å²) in [5, 5.41) is 3.26. The molecule has 0 bridgehead atoms. The van der Waals surface area contributed by atoms with Gasteiger partial charge in [0, 0.05) is 20.2 Å². The van der Waals surface area contributed by atoms with Crippen LogP contribution in [-0.2, 0) is 4.74 Å². The largest absolute Gasteiger partial charge is 0.364 e. The number of nitrogens with two attached hydrogens (primary N) is 1. The Morgan fingerprint density at radius 1 is 1.82 bits per heavy atom. The summed E-state index contributed by atoms with van der Waals surface area (Å²) in [6, 6.07) is 0. The minimum Gasteiger partial charge on any atom is -0.364 e. The van der Waals surface area contributed by atoms with Crippen LogP contribution in [0.1, 0.15) is 0 Å². The molecule has 0 radical (unpaired) electrons. The number of nitrogens with zero attached hydrogens (tertiary/aromatic N) is 1. The maximum atomic E-state index is 5.70. The summed E-state index contributed by atoms with van der Waals surface area (Å²) >= 11 is 1.70. The van der Waals surface area contributed by atoms with E-state index in [1.165, 1.54) is 0 Å². The molecule has 0 aliphatic carbocycles. The lowest BCUT2D eigenvalue weighted by atomic mass is 10.4. The second kappa shape index (κ2) is 4.27. The zero-order valence-corrected chi connectivity index (χ0v) is 7.73. The Balaban J connectivity index is 2.42. The summed E-state index contributed by atoms with van der Waals surface area (Å²) in [5.74, 6) is 0. The van der Waals surface area contributed by atoms with Crippen LogP contribution in [0.2, 0.25) is 0 Å². The van der Waals surface area contributed by atoms with Crippen molar-refractivity contribution in [2.45, 2.75) is 12.4 Å². The van der Waals surface area contributed by atoms with Gasteiger partial charge < -0.3 is 10.5 Å². The summed E-state index contributed by atoms with van der Waals surface area (Å²) in [6.45, 7) is 2.02. The van der Waals surface area contributed by atoms with Crippen molar-refractivity contribution in [2.24, 2.45) is 5.73 Å². The van der Waals surface area contributed by atoms with Gasteiger partial charge in [-0.2, -0.15) is 0 Å². The maximum absolute atomic E-state index is 5.70. The van der Waals surface area contributed by atoms with Crippen molar-refractivity contribution in [3.8, 4) is 0 Å². The molecule has 0 aromatic heterocycles. The van der Waals surface area contributed by atoms with E-state index in [4.69, 9.17) is 10.5 Å². The second-order valence-electron chi connectivity index (χ2n) is 2.42. The van der Waals surface area contributed by atoms with Crippen molar-refractivity contribution >= 4 is 11.9 Å². The van der Waals surface area contributed by atoms with E-state index >= 15 is 0 Å². The van der Waals surface area contributed by atoms with Gasteiger partial charge in [-0.3, -0.25) is 5.32 Å². The smallest absolute Gasteiger partial charge is 0.135 e. The van der Waals surface area contributed by atoms with Gasteiger partial charge in [0.1, 0.15) is 12.4 Å². The highest BCUT2D eigenvalue weighted by Gasteiger charge is 2.28. The van der Waals surface area contributed by atoms with Crippen LogP contribution in [0.3, 0.4) is 0 Å². The van der Waals surface area contributed by atoms with Crippen LogP contribution in [0.4, 0.5) is 0 Å². The molecule has 1 aliphatic heterocycles. The molecule has 0 aromatic carbocycles. The molecular weight excluding hydrogens is 162 g/mol. The standard InChI is InChI=1S/C6H15N3OS/c1-10-5(7)6-8-3-4-9(6)11-2/h5-6,8H,3-4,7H2,1-2H3/t5-,6?/m0/s1. The minimum absolute atomic E-state index is 0.162. The normalized spacial score (nSPS) is 29.2. The molecule has 0 aromatic rings. The summed E-state index contributed by atoms with van der Waals surface area (Å²) in [4.78, 5) is 0. The Bertz CT molecular complexity index is 124. The molecule has 2 atom stereocenters. The quantitative estimate of drug-likeness (QED) is 0.446. The van der Waals surface area contributed by atoms with E-state index in [1.54, 1.807) is 19.1 Å². The van der Waals surface area contributed by atoms with Crippen LogP contribution < -0.4 is 11.1 Å². The molecule has 1 aliphatic rings. The van der Waals surface area contributed by atoms with Gasteiger partial charge in [0.25, 0.3) is 0 Å². The number of methoxy groups -OCH3 is 1. The topological polar surface area (TPSA) is 50.5 Å². The van der Waals surface area contributed by atoms with Crippen LogP contribution in [-0.4, -0.2) is 43.2 Å². The van der Waals surface area contributed by atoms with Gasteiger partial charge in [-0.15, -0.1) is 0 Å². The van der Waals surface area contributed by atoms with Crippen LogP contribution in [0.15, 0.2) is 0 Å². The van der Waals surface area contributed by atoms with Crippen molar-refractivity contribution in [1.82, 2.24) is 9.62 Å². The van der Waals surface area contributed by atoms with E-state index in [0.717, 1.165) is 13.1 Å². The molecule has 1 rings (SSSR count). The molecule has 0 saturated carbocycles. The fourth-order valence-corrected chi connectivity index (χ4v) is 1.87. The van der Waals surface area contributed by atoms with Gasteiger partial charge in [0.2, 0.25) is 0 Å². The predicted octanol–water partition coefficient (Wildman–Crippen LogP) is -0.573. The molecule has 1 saturated heterocycles. The van der Waals surface area contributed by atoms with Crippen LogP contribution in [0, 0.1) is 0 Å². The van der Waals surface area contributed by atoms with Gasteiger partial charge in [0.15, 0.2) is 0 Å². The third-order valence-electron chi connectivity index (χ3n) is 1.81. The van der Waals surface area contributed by atoms with Gasteiger partial charge >= 0.3 is 0 Å². The predicted molar refractivity (Wildman–Crippen MR) is 47.0 cm³/mol. The van der Waals surface area contributed by atoms with E-state index in [0.29, 0.717) is 0 Å². The third kappa shape index (κ3) is 2.07. The van der Waals surface area contributed by atoms with Gasteiger partial charge in [-0.25, -0.2) is 4.31 Å². The average molecular weight is 177 g/mol. The number of nitrogens with one attached hydrogen (secondary N) is 1. The first-order chi connectivity index (χ1) is 5.29. The number of ether oxygens (including phenoxy) is 1. The molecule has 1 unspecified atom stereocenters. The highest BCUT2D eigenvalue weighted by molar-refractivity contribution is 7.96. The van der Waals surface area contributed by atoms with Gasteiger partial charge in [-0.1, -0.05) is 11.9 Å². The lowest BCUT2D eigenvalue weighted by molar-refractivity contribution is 0.0542. The molecular formula is C6H15N3OS. The monoisotopic (exact) mass is 177 g/mol. The summed E-state index contributed by atoms with van der Waals surface area (Å²) in [6.07, 6.45) is 1.97. The molecule has 66 valence electrons. The molecule has 0 amide bonds. The Kier molecular flexibility index (Phi) is 3.61. The highest BCUT2D eigenvalue weighted by atomic mass is 32.2. The Morgan fingerprint density at radius 2 is 2.55 bits per heavy atom. The molecule has 4 nitrogen and oxygen atoms in total. The van der Waals surface area contributed by atoms with Crippen molar-refractivity contribution in [3.63, 3.8) is 0 Å². The van der Waals surface area contributed by atoms with Gasteiger partial charge in [0.05, 0.1) is 0 Å². The van der Waals surface area contributed by atoms with E-state index in [9.17, 15) is 0 Å². The Morgan fingerprint density at radius 3 is 3.09 bits per heavy atom. The maximum Gasteiger partial charge on any atom is 0.135 e.